The number of nitrogens with one attached hydrogen (secondary N) is 1. The van der Waals surface area contributed by atoms with Crippen molar-refractivity contribution in [3.63, 3.8) is 0 Å². The van der Waals surface area contributed by atoms with Crippen LogP contribution in [0.15, 0.2) is 24.3 Å². The molecular weight excluding hydrogens is 360 g/mol. The van der Waals surface area contributed by atoms with Crippen LogP contribution in [0.2, 0.25) is 0 Å². The van der Waals surface area contributed by atoms with E-state index in [1.807, 2.05) is 4.90 Å². The SMILES string of the molecule is CC(=O)c1cccc(NC(=O)COC(=O)[C@H]2CC(=O)N(C3CCCCC3)C2)c1. The molecule has 2 amide bonds. The monoisotopic (exact) mass is 386 g/mol. The summed E-state index contributed by atoms with van der Waals surface area (Å²) in [5, 5.41) is 2.61. The maximum atomic E-state index is 12.3. The number of rotatable bonds is 6. The lowest BCUT2D eigenvalue weighted by Crippen LogP contribution is -2.38. The zero-order valence-electron chi connectivity index (χ0n) is 16.1. The molecule has 3 rings (SSSR count). The maximum Gasteiger partial charge on any atom is 0.311 e. The van der Waals surface area contributed by atoms with Gasteiger partial charge in [-0.3, -0.25) is 19.2 Å². The predicted molar refractivity (Wildman–Crippen MR) is 103 cm³/mol. The average molecular weight is 386 g/mol. The highest BCUT2D eigenvalue weighted by Gasteiger charge is 2.39. The number of likely N-dealkylation sites (tertiary alicyclic amines) is 1. The molecule has 1 saturated heterocycles. The molecule has 150 valence electrons. The van der Waals surface area contributed by atoms with Gasteiger partial charge in [-0.15, -0.1) is 0 Å². The van der Waals surface area contributed by atoms with Crippen molar-refractivity contribution in [2.75, 3.05) is 18.5 Å². The highest BCUT2D eigenvalue weighted by atomic mass is 16.5. The number of carbonyl (C=O) groups is 4. The molecule has 0 spiro atoms. The number of ketones is 1. The molecule has 2 aliphatic rings. The molecular formula is C21H26N2O5. The van der Waals surface area contributed by atoms with Crippen LogP contribution in [0.5, 0.6) is 0 Å². The largest absolute Gasteiger partial charge is 0.455 e. The zero-order chi connectivity index (χ0) is 20.1. The van der Waals surface area contributed by atoms with E-state index in [1.54, 1.807) is 24.3 Å². The highest BCUT2D eigenvalue weighted by Crippen LogP contribution is 2.29. The second-order valence-corrected chi connectivity index (χ2v) is 7.53. The van der Waals surface area contributed by atoms with Crippen molar-refractivity contribution in [3.8, 4) is 0 Å². The van der Waals surface area contributed by atoms with Crippen LogP contribution in [-0.4, -0.2) is 47.7 Å². The van der Waals surface area contributed by atoms with Gasteiger partial charge in [0.05, 0.1) is 5.92 Å². The molecule has 1 saturated carbocycles. The summed E-state index contributed by atoms with van der Waals surface area (Å²) in [4.78, 5) is 49.8. The first-order chi connectivity index (χ1) is 13.4. The number of hydrogen-bond donors (Lipinski definition) is 1. The van der Waals surface area contributed by atoms with E-state index in [1.165, 1.54) is 13.3 Å². The maximum absolute atomic E-state index is 12.3. The molecule has 0 radical (unpaired) electrons. The van der Waals surface area contributed by atoms with Crippen LogP contribution in [-0.2, 0) is 19.1 Å². The van der Waals surface area contributed by atoms with E-state index in [0.717, 1.165) is 25.7 Å². The van der Waals surface area contributed by atoms with Gasteiger partial charge in [0.15, 0.2) is 12.4 Å². The Labute approximate surface area is 164 Å². The Bertz CT molecular complexity index is 770. The minimum Gasteiger partial charge on any atom is -0.455 e. The van der Waals surface area contributed by atoms with Crippen LogP contribution in [0.3, 0.4) is 0 Å². The van der Waals surface area contributed by atoms with E-state index in [2.05, 4.69) is 5.32 Å². The number of amides is 2. The van der Waals surface area contributed by atoms with Crippen molar-refractivity contribution in [1.29, 1.82) is 0 Å². The van der Waals surface area contributed by atoms with Gasteiger partial charge >= 0.3 is 5.97 Å². The van der Waals surface area contributed by atoms with Crippen LogP contribution in [0.1, 0.15) is 55.8 Å². The minimum absolute atomic E-state index is 0.000603. The molecule has 0 aromatic heterocycles. The Morgan fingerprint density at radius 3 is 2.64 bits per heavy atom. The summed E-state index contributed by atoms with van der Waals surface area (Å²) in [7, 11) is 0. The Kier molecular flexibility index (Phi) is 6.44. The topological polar surface area (TPSA) is 92.8 Å². The van der Waals surface area contributed by atoms with Gasteiger partial charge in [-0.05, 0) is 31.9 Å². The predicted octanol–water partition coefficient (Wildman–Crippen LogP) is 2.55. The van der Waals surface area contributed by atoms with E-state index >= 15 is 0 Å². The third kappa shape index (κ3) is 4.97. The summed E-state index contributed by atoms with van der Waals surface area (Å²) < 4.78 is 5.12. The summed E-state index contributed by atoms with van der Waals surface area (Å²) >= 11 is 0. The first-order valence-electron chi connectivity index (χ1n) is 9.81. The summed E-state index contributed by atoms with van der Waals surface area (Å²) in [6.07, 6.45) is 5.58. The van der Waals surface area contributed by atoms with E-state index in [9.17, 15) is 19.2 Å². The van der Waals surface area contributed by atoms with E-state index in [-0.39, 0.29) is 24.2 Å². The van der Waals surface area contributed by atoms with E-state index < -0.39 is 24.4 Å². The van der Waals surface area contributed by atoms with Gasteiger partial charge in [0.1, 0.15) is 0 Å². The molecule has 2 fully saturated rings. The van der Waals surface area contributed by atoms with Crippen molar-refractivity contribution in [1.82, 2.24) is 4.90 Å². The first kappa shape index (κ1) is 20.0. The normalized spacial score (nSPS) is 20.1. The standard InChI is InChI=1S/C21H26N2O5/c1-14(24)15-6-5-7-17(10-15)22-19(25)13-28-21(27)16-11-20(26)23(12-16)18-8-3-2-4-9-18/h5-7,10,16,18H,2-4,8-9,11-13H2,1H3,(H,22,25)/t16-/m0/s1. The second-order valence-electron chi connectivity index (χ2n) is 7.53. The summed E-state index contributed by atoms with van der Waals surface area (Å²) in [5.41, 5.74) is 0.954. The number of benzene rings is 1. The van der Waals surface area contributed by atoms with Gasteiger partial charge in [0.2, 0.25) is 5.91 Å². The van der Waals surface area contributed by atoms with Gasteiger partial charge in [0, 0.05) is 30.3 Å². The molecule has 7 nitrogen and oxygen atoms in total. The van der Waals surface area contributed by atoms with Gasteiger partial charge < -0.3 is 15.0 Å². The second kappa shape index (κ2) is 8.99. The summed E-state index contributed by atoms with van der Waals surface area (Å²) in [6, 6.07) is 6.79. The Morgan fingerprint density at radius 2 is 1.93 bits per heavy atom. The number of nitrogens with zero attached hydrogens (tertiary/aromatic N) is 1. The van der Waals surface area contributed by atoms with Crippen molar-refractivity contribution in [2.45, 2.75) is 51.5 Å². The number of carbonyl (C=O) groups excluding carboxylic acids is 4. The summed E-state index contributed by atoms with van der Waals surface area (Å²) in [6.45, 7) is 1.41. The number of esters is 1. The van der Waals surface area contributed by atoms with Crippen molar-refractivity contribution in [2.24, 2.45) is 5.92 Å². The van der Waals surface area contributed by atoms with Crippen LogP contribution in [0, 0.1) is 5.92 Å². The summed E-state index contributed by atoms with van der Waals surface area (Å²) in [5.74, 6) is -1.61. The van der Waals surface area contributed by atoms with E-state index in [0.29, 0.717) is 17.8 Å². The van der Waals surface area contributed by atoms with Crippen molar-refractivity contribution in [3.05, 3.63) is 29.8 Å². The smallest absolute Gasteiger partial charge is 0.311 e. The van der Waals surface area contributed by atoms with Gasteiger partial charge in [-0.25, -0.2) is 0 Å². The van der Waals surface area contributed by atoms with E-state index in [4.69, 9.17) is 4.74 Å². The molecule has 1 aromatic rings. The van der Waals surface area contributed by atoms with Gasteiger partial charge in [-0.1, -0.05) is 31.4 Å². The Morgan fingerprint density at radius 1 is 1.18 bits per heavy atom. The van der Waals surface area contributed by atoms with Crippen LogP contribution in [0.4, 0.5) is 5.69 Å². The van der Waals surface area contributed by atoms with Crippen molar-refractivity contribution < 1.29 is 23.9 Å². The fourth-order valence-electron chi connectivity index (χ4n) is 3.90. The minimum atomic E-state index is -0.515. The number of ether oxygens (including phenoxy) is 1. The quantitative estimate of drug-likeness (QED) is 0.599. The Hall–Kier alpha value is -2.70. The fourth-order valence-corrected chi connectivity index (χ4v) is 3.90. The van der Waals surface area contributed by atoms with Crippen LogP contribution < -0.4 is 5.32 Å². The molecule has 28 heavy (non-hydrogen) atoms. The molecule has 7 heteroatoms. The highest BCUT2D eigenvalue weighted by molar-refractivity contribution is 5.97. The lowest BCUT2D eigenvalue weighted by atomic mass is 9.94. The molecule has 1 atom stereocenters. The van der Waals surface area contributed by atoms with Gasteiger partial charge in [0.25, 0.3) is 5.91 Å². The molecule has 1 aromatic carbocycles. The average Bonchev–Trinajstić information content (AvgIpc) is 3.09. The molecule has 1 N–H and O–H groups in total. The molecule has 1 heterocycles. The lowest BCUT2D eigenvalue weighted by molar-refractivity contribution is -0.151. The van der Waals surface area contributed by atoms with Gasteiger partial charge in [-0.2, -0.15) is 0 Å². The third-order valence-electron chi connectivity index (χ3n) is 5.41. The molecule has 0 unspecified atom stereocenters. The Balaban J connectivity index is 1.47. The fraction of sp³-hybridized carbons (Fsp3) is 0.524. The van der Waals surface area contributed by atoms with Crippen molar-refractivity contribution >= 4 is 29.3 Å². The van der Waals surface area contributed by atoms with Crippen LogP contribution >= 0.6 is 0 Å². The zero-order valence-corrected chi connectivity index (χ0v) is 16.1. The lowest BCUT2D eigenvalue weighted by Gasteiger charge is -2.31. The first-order valence-corrected chi connectivity index (χ1v) is 9.81. The molecule has 1 aliphatic carbocycles. The molecule has 0 bridgehead atoms. The number of anilines is 1. The number of Topliss-reactive ketones (excluding diaryl/α,β-unsaturated/α-hetero) is 1. The van der Waals surface area contributed by atoms with Crippen LogP contribution in [0.25, 0.3) is 0 Å². The molecule has 1 aliphatic heterocycles. The third-order valence-corrected chi connectivity index (χ3v) is 5.41. The number of hydrogen-bond acceptors (Lipinski definition) is 5.